The molecule has 0 aliphatic carbocycles. The zero-order chi connectivity index (χ0) is 19.8. The van der Waals surface area contributed by atoms with Gasteiger partial charge in [0.25, 0.3) is 0 Å². The molecule has 2 aromatic heterocycles. The molecule has 3 heterocycles. The maximum atomic E-state index is 5.58. The van der Waals surface area contributed by atoms with Crippen LogP contribution in [-0.4, -0.2) is 61.3 Å². The van der Waals surface area contributed by atoms with Gasteiger partial charge in [0, 0.05) is 32.2 Å². The molecule has 28 heavy (non-hydrogen) atoms. The Hall–Kier alpha value is -1.90. The summed E-state index contributed by atoms with van der Waals surface area (Å²) in [5, 5.41) is 8.85. The lowest BCUT2D eigenvalue weighted by atomic mass is 10.0. The SMILES string of the molecule is CCNC(=NCc1coc(-c2cccs2)n1)NCC(C(C)C)N1CCOCC1. The Morgan fingerprint density at radius 1 is 1.32 bits per heavy atom. The van der Waals surface area contributed by atoms with E-state index in [-0.39, 0.29) is 0 Å². The van der Waals surface area contributed by atoms with E-state index in [1.165, 1.54) is 0 Å². The van der Waals surface area contributed by atoms with Crippen LogP contribution in [0.2, 0.25) is 0 Å². The van der Waals surface area contributed by atoms with Gasteiger partial charge in [0.2, 0.25) is 5.89 Å². The fourth-order valence-electron chi connectivity index (χ4n) is 3.29. The quantitative estimate of drug-likeness (QED) is 0.520. The molecular formula is C20H31N5O2S. The van der Waals surface area contributed by atoms with Gasteiger partial charge in [-0.15, -0.1) is 11.3 Å². The Bertz CT molecular complexity index is 723. The van der Waals surface area contributed by atoms with Crippen LogP contribution in [0, 0.1) is 5.92 Å². The molecule has 0 saturated carbocycles. The first kappa shape index (κ1) is 20.8. The normalized spacial score (nSPS) is 17.1. The third kappa shape index (κ3) is 5.80. The molecule has 1 aliphatic heterocycles. The summed E-state index contributed by atoms with van der Waals surface area (Å²) in [7, 11) is 0. The summed E-state index contributed by atoms with van der Waals surface area (Å²) in [6.45, 7) is 12.4. The molecule has 2 aromatic rings. The molecule has 3 rings (SSSR count). The first-order valence-electron chi connectivity index (χ1n) is 9.99. The van der Waals surface area contributed by atoms with Crippen LogP contribution in [0.4, 0.5) is 0 Å². The number of hydrogen-bond acceptors (Lipinski definition) is 6. The average Bonchev–Trinajstić information content (AvgIpc) is 3.38. The number of nitrogens with one attached hydrogen (secondary N) is 2. The first-order valence-corrected chi connectivity index (χ1v) is 10.9. The summed E-state index contributed by atoms with van der Waals surface area (Å²) in [6.07, 6.45) is 1.69. The van der Waals surface area contributed by atoms with Crippen LogP contribution >= 0.6 is 11.3 Å². The molecule has 1 fully saturated rings. The van der Waals surface area contributed by atoms with E-state index in [2.05, 4.69) is 46.3 Å². The van der Waals surface area contributed by atoms with Gasteiger partial charge in [0.15, 0.2) is 5.96 Å². The summed E-state index contributed by atoms with van der Waals surface area (Å²) in [4.78, 5) is 12.8. The maximum Gasteiger partial charge on any atom is 0.236 e. The second-order valence-corrected chi connectivity index (χ2v) is 8.10. The summed E-state index contributed by atoms with van der Waals surface area (Å²) in [5.41, 5.74) is 0.828. The summed E-state index contributed by atoms with van der Waals surface area (Å²) in [5.74, 6) is 2.02. The van der Waals surface area contributed by atoms with E-state index < -0.39 is 0 Å². The molecule has 0 spiro atoms. The van der Waals surface area contributed by atoms with Gasteiger partial charge in [-0.3, -0.25) is 4.90 Å². The lowest BCUT2D eigenvalue weighted by Gasteiger charge is -2.37. The monoisotopic (exact) mass is 405 g/mol. The second kappa shape index (κ2) is 10.6. The first-order chi connectivity index (χ1) is 13.7. The van der Waals surface area contributed by atoms with Crippen molar-refractivity contribution in [3.63, 3.8) is 0 Å². The highest BCUT2D eigenvalue weighted by atomic mass is 32.1. The van der Waals surface area contributed by atoms with Crippen LogP contribution in [0.15, 0.2) is 33.2 Å². The number of aromatic nitrogens is 1. The predicted molar refractivity (Wildman–Crippen MR) is 114 cm³/mol. The van der Waals surface area contributed by atoms with Crippen molar-refractivity contribution in [2.24, 2.45) is 10.9 Å². The van der Waals surface area contributed by atoms with E-state index in [4.69, 9.17) is 9.15 Å². The van der Waals surface area contributed by atoms with Crippen molar-refractivity contribution in [2.45, 2.75) is 33.4 Å². The van der Waals surface area contributed by atoms with Gasteiger partial charge in [-0.2, -0.15) is 0 Å². The highest BCUT2D eigenvalue weighted by Gasteiger charge is 2.23. The van der Waals surface area contributed by atoms with Gasteiger partial charge in [-0.05, 0) is 24.3 Å². The van der Waals surface area contributed by atoms with Crippen LogP contribution in [0.1, 0.15) is 26.5 Å². The number of thiophene rings is 1. The molecule has 2 N–H and O–H groups in total. The van der Waals surface area contributed by atoms with Crippen molar-refractivity contribution < 1.29 is 9.15 Å². The Balaban J connectivity index is 1.58. The number of rotatable bonds is 8. The minimum absolute atomic E-state index is 0.449. The molecule has 0 radical (unpaired) electrons. The maximum absolute atomic E-state index is 5.58. The van der Waals surface area contributed by atoms with Crippen molar-refractivity contribution in [2.75, 3.05) is 39.4 Å². The number of aliphatic imine (C=N–C) groups is 1. The van der Waals surface area contributed by atoms with E-state index in [0.29, 0.717) is 24.4 Å². The molecule has 1 saturated heterocycles. The van der Waals surface area contributed by atoms with E-state index >= 15 is 0 Å². The van der Waals surface area contributed by atoms with Crippen molar-refractivity contribution >= 4 is 17.3 Å². The highest BCUT2D eigenvalue weighted by Crippen LogP contribution is 2.23. The Morgan fingerprint density at radius 3 is 2.82 bits per heavy atom. The molecule has 7 nitrogen and oxygen atoms in total. The molecule has 0 amide bonds. The van der Waals surface area contributed by atoms with Gasteiger partial charge in [-0.25, -0.2) is 9.98 Å². The predicted octanol–water partition coefficient (Wildman–Crippen LogP) is 2.82. The van der Waals surface area contributed by atoms with E-state index in [1.807, 2.05) is 17.5 Å². The van der Waals surface area contributed by atoms with Crippen molar-refractivity contribution in [1.29, 1.82) is 0 Å². The zero-order valence-electron chi connectivity index (χ0n) is 17.0. The van der Waals surface area contributed by atoms with Gasteiger partial charge < -0.3 is 19.8 Å². The third-order valence-corrected chi connectivity index (χ3v) is 5.65. The number of nitrogens with zero attached hydrogens (tertiary/aromatic N) is 3. The number of oxazole rings is 1. The van der Waals surface area contributed by atoms with Crippen LogP contribution in [0.5, 0.6) is 0 Å². The fraction of sp³-hybridized carbons (Fsp3) is 0.600. The van der Waals surface area contributed by atoms with Crippen LogP contribution in [0.3, 0.4) is 0 Å². The minimum Gasteiger partial charge on any atom is -0.443 e. The molecule has 1 atom stereocenters. The zero-order valence-corrected chi connectivity index (χ0v) is 17.8. The molecule has 154 valence electrons. The van der Waals surface area contributed by atoms with Crippen molar-refractivity contribution in [1.82, 2.24) is 20.5 Å². The third-order valence-electron chi connectivity index (χ3n) is 4.79. The minimum atomic E-state index is 0.449. The number of guanidine groups is 1. The fourth-order valence-corrected chi connectivity index (χ4v) is 3.95. The largest absolute Gasteiger partial charge is 0.443 e. The van der Waals surface area contributed by atoms with Crippen LogP contribution in [-0.2, 0) is 11.3 Å². The van der Waals surface area contributed by atoms with Gasteiger partial charge in [-0.1, -0.05) is 19.9 Å². The summed E-state index contributed by atoms with van der Waals surface area (Å²) in [6, 6.07) is 4.45. The van der Waals surface area contributed by atoms with E-state index in [1.54, 1.807) is 17.6 Å². The Morgan fingerprint density at radius 2 is 2.14 bits per heavy atom. The molecule has 8 heteroatoms. The topological polar surface area (TPSA) is 74.9 Å². The van der Waals surface area contributed by atoms with Gasteiger partial charge in [0.1, 0.15) is 12.0 Å². The molecule has 0 bridgehead atoms. The Labute approximate surface area is 171 Å². The molecular weight excluding hydrogens is 374 g/mol. The smallest absolute Gasteiger partial charge is 0.236 e. The second-order valence-electron chi connectivity index (χ2n) is 7.16. The lowest BCUT2D eigenvalue weighted by Crippen LogP contribution is -2.52. The Kier molecular flexibility index (Phi) is 7.88. The standard InChI is InChI=1S/C20H31N5O2S/c1-4-21-20(23-13-17(15(2)3)25-7-9-26-10-8-25)22-12-16-14-27-19(24-16)18-6-5-11-28-18/h5-6,11,14-15,17H,4,7-10,12-13H2,1-3H3,(H2,21,22,23). The van der Waals surface area contributed by atoms with Gasteiger partial charge >= 0.3 is 0 Å². The number of hydrogen-bond donors (Lipinski definition) is 2. The highest BCUT2D eigenvalue weighted by molar-refractivity contribution is 7.13. The lowest BCUT2D eigenvalue weighted by molar-refractivity contribution is 0.00752. The molecule has 0 aromatic carbocycles. The number of morpholine rings is 1. The summed E-state index contributed by atoms with van der Waals surface area (Å²) < 4.78 is 11.1. The van der Waals surface area contributed by atoms with Crippen molar-refractivity contribution in [3.05, 3.63) is 29.5 Å². The molecule has 1 aliphatic rings. The van der Waals surface area contributed by atoms with E-state index in [0.717, 1.165) is 55.9 Å². The van der Waals surface area contributed by atoms with Crippen molar-refractivity contribution in [3.8, 4) is 10.8 Å². The average molecular weight is 406 g/mol. The summed E-state index contributed by atoms with van der Waals surface area (Å²) >= 11 is 1.62. The van der Waals surface area contributed by atoms with E-state index in [9.17, 15) is 0 Å². The van der Waals surface area contributed by atoms with Gasteiger partial charge in [0.05, 0.1) is 24.6 Å². The molecule has 1 unspecified atom stereocenters. The van der Waals surface area contributed by atoms with Crippen LogP contribution < -0.4 is 10.6 Å². The van der Waals surface area contributed by atoms with Crippen LogP contribution in [0.25, 0.3) is 10.8 Å². The number of ether oxygens (including phenoxy) is 1.